The molecule has 1 aromatic rings. The van der Waals surface area contributed by atoms with E-state index < -0.39 is 5.91 Å². The molecule has 5 heteroatoms. The molecule has 2 aliphatic carbocycles. The summed E-state index contributed by atoms with van der Waals surface area (Å²) in [7, 11) is 0. The van der Waals surface area contributed by atoms with Crippen LogP contribution < -0.4 is 5.73 Å². The zero-order chi connectivity index (χ0) is 15.9. The number of carbonyl (C=O) groups excluding carboxylic acids is 1. The number of hydrogen-bond acceptors (Lipinski definition) is 2. The fourth-order valence-electron chi connectivity index (χ4n) is 3.96. The summed E-state index contributed by atoms with van der Waals surface area (Å²) in [5.41, 5.74) is 7.40. The van der Waals surface area contributed by atoms with Crippen molar-refractivity contribution >= 4 is 34.1 Å². The molecule has 2 N–H and O–H groups in total. The van der Waals surface area contributed by atoms with Gasteiger partial charge in [-0.05, 0) is 54.7 Å². The zero-order valence-corrected chi connectivity index (χ0v) is 13.4. The zero-order valence-electron chi connectivity index (χ0n) is 11.9. The Balaban J connectivity index is 2.03. The van der Waals surface area contributed by atoms with Gasteiger partial charge in [-0.15, -0.1) is 11.6 Å². The average Bonchev–Trinajstić information content (AvgIpc) is 3.03. The topological polar surface area (TPSA) is 66.9 Å². The molecule has 1 amide bonds. The second-order valence-electron chi connectivity index (χ2n) is 6.06. The summed E-state index contributed by atoms with van der Waals surface area (Å²) < 4.78 is 0. The van der Waals surface area contributed by atoms with E-state index in [4.69, 9.17) is 34.2 Å². The number of fused-ring (bicyclic) bond motifs is 2. The highest BCUT2D eigenvalue weighted by atomic mass is 35.5. The maximum absolute atomic E-state index is 12.0. The Kier molecular flexibility index (Phi) is 4.16. The van der Waals surface area contributed by atoms with Crippen molar-refractivity contribution in [2.24, 2.45) is 23.5 Å². The molecule has 2 saturated carbocycles. The summed E-state index contributed by atoms with van der Waals surface area (Å²) in [6.45, 7) is 0. The van der Waals surface area contributed by atoms with Crippen LogP contribution in [0.3, 0.4) is 0 Å². The Morgan fingerprint density at radius 1 is 1.27 bits per heavy atom. The van der Waals surface area contributed by atoms with E-state index in [9.17, 15) is 4.79 Å². The molecule has 3 nitrogen and oxygen atoms in total. The van der Waals surface area contributed by atoms with Crippen molar-refractivity contribution in [2.75, 3.05) is 0 Å². The summed E-state index contributed by atoms with van der Waals surface area (Å²) in [5, 5.41) is 9.35. The van der Waals surface area contributed by atoms with Crippen molar-refractivity contribution in [3.8, 4) is 6.07 Å². The van der Waals surface area contributed by atoms with Crippen LogP contribution in [0.2, 0.25) is 0 Å². The number of carbonyl (C=O) groups is 1. The third-order valence-electron chi connectivity index (χ3n) is 4.94. The van der Waals surface area contributed by atoms with Crippen LogP contribution in [-0.2, 0) is 4.79 Å². The Hall–Kier alpha value is -1.50. The number of benzene rings is 1. The van der Waals surface area contributed by atoms with Gasteiger partial charge in [-0.25, -0.2) is 0 Å². The first-order chi connectivity index (χ1) is 10.5. The predicted octanol–water partition coefficient (Wildman–Crippen LogP) is 3.65. The number of nitrogens with zero attached hydrogens (tertiary/aromatic N) is 1. The predicted molar refractivity (Wildman–Crippen MR) is 87.1 cm³/mol. The van der Waals surface area contributed by atoms with Gasteiger partial charge in [0.25, 0.3) is 0 Å². The standard InChI is InChI=1S/C17H16Cl2N2O/c18-13-7-11-5-6-12(13)14(11)15(17(21)22)16(19)10-3-1-9(8-20)2-4-10/h1-4,11-14H,5-7H2,(H2,21,22)/b16-15+/t11-,12+,13-,14+/m1/s1. The smallest absolute Gasteiger partial charge is 0.246 e. The van der Waals surface area contributed by atoms with Gasteiger partial charge in [0.15, 0.2) is 0 Å². The van der Waals surface area contributed by atoms with Gasteiger partial charge in [0.05, 0.1) is 16.7 Å². The number of halogens is 2. The van der Waals surface area contributed by atoms with Crippen LogP contribution in [0.4, 0.5) is 0 Å². The largest absolute Gasteiger partial charge is 0.366 e. The third kappa shape index (κ3) is 2.51. The molecular formula is C17H16Cl2N2O. The van der Waals surface area contributed by atoms with E-state index in [1.54, 1.807) is 24.3 Å². The lowest BCUT2D eigenvalue weighted by Gasteiger charge is -2.20. The van der Waals surface area contributed by atoms with Crippen LogP contribution >= 0.6 is 23.2 Å². The van der Waals surface area contributed by atoms with Gasteiger partial charge in [-0.3, -0.25) is 4.79 Å². The van der Waals surface area contributed by atoms with Gasteiger partial charge in [-0.1, -0.05) is 23.7 Å². The van der Waals surface area contributed by atoms with E-state index in [1.165, 1.54) is 0 Å². The lowest BCUT2D eigenvalue weighted by molar-refractivity contribution is -0.115. The Labute approximate surface area is 139 Å². The van der Waals surface area contributed by atoms with E-state index >= 15 is 0 Å². The maximum atomic E-state index is 12.0. The highest BCUT2D eigenvalue weighted by Crippen LogP contribution is 2.55. The number of nitriles is 1. The molecular weight excluding hydrogens is 319 g/mol. The highest BCUT2D eigenvalue weighted by Gasteiger charge is 2.50. The van der Waals surface area contributed by atoms with E-state index in [1.807, 2.05) is 0 Å². The summed E-state index contributed by atoms with van der Waals surface area (Å²) in [5.74, 6) is 0.258. The first kappa shape index (κ1) is 15.4. The Bertz CT molecular complexity index is 675. The van der Waals surface area contributed by atoms with Crippen LogP contribution in [0, 0.1) is 29.1 Å². The first-order valence-corrected chi connectivity index (χ1v) is 8.18. The SMILES string of the molecule is N#Cc1ccc(/C(Cl)=C(\C(N)=O)[C@H]2[C@@H]3CC[C@H]2[C@H](Cl)C3)cc1. The minimum Gasteiger partial charge on any atom is -0.366 e. The van der Waals surface area contributed by atoms with Crippen LogP contribution in [0.25, 0.3) is 5.03 Å². The van der Waals surface area contributed by atoms with Crippen LogP contribution in [0.1, 0.15) is 30.4 Å². The number of alkyl halides is 1. The molecule has 1 aromatic carbocycles. The average molecular weight is 335 g/mol. The van der Waals surface area contributed by atoms with Gasteiger partial charge in [-0.2, -0.15) is 5.26 Å². The minimum absolute atomic E-state index is 0.0585. The normalized spacial score (nSPS) is 30.8. The first-order valence-electron chi connectivity index (χ1n) is 7.37. The molecule has 114 valence electrons. The molecule has 2 bridgehead atoms. The molecule has 0 aliphatic heterocycles. The highest BCUT2D eigenvalue weighted by molar-refractivity contribution is 6.51. The molecule has 0 aromatic heterocycles. The van der Waals surface area contributed by atoms with Gasteiger partial charge < -0.3 is 5.73 Å². The van der Waals surface area contributed by atoms with Crippen LogP contribution in [0.15, 0.2) is 29.8 Å². The second kappa shape index (κ2) is 5.95. The minimum atomic E-state index is -0.470. The number of rotatable bonds is 3. The lowest BCUT2D eigenvalue weighted by atomic mass is 9.87. The van der Waals surface area contributed by atoms with Gasteiger partial charge in [0, 0.05) is 11.0 Å². The number of primary amides is 1. The molecule has 2 fully saturated rings. The number of hydrogen-bond donors (Lipinski definition) is 1. The van der Waals surface area contributed by atoms with Gasteiger partial charge >= 0.3 is 0 Å². The van der Waals surface area contributed by atoms with Crippen molar-refractivity contribution in [3.63, 3.8) is 0 Å². The Morgan fingerprint density at radius 2 is 1.95 bits per heavy atom. The molecule has 0 radical (unpaired) electrons. The van der Waals surface area contributed by atoms with Crippen LogP contribution in [-0.4, -0.2) is 11.3 Å². The van der Waals surface area contributed by atoms with Crippen molar-refractivity contribution in [3.05, 3.63) is 41.0 Å². The summed E-state index contributed by atoms with van der Waals surface area (Å²) in [6.07, 6.45) is 3.02. The van der Waals surface area contributed by atoms with Crippen molar-refractivity contribution in [2.45, 2.75) is 24.6 Å². The van der Waals surface area contributed by atoms with E-state index in [0.29, 0.717) is 27.7 Å². The summed E-state index contributed by atoms with van der Waals surface area (Å²) in [4.78, 5) is 12.0. The van der Waals surface area contributed by atoms with E-state index in [-0.39, 0.29) is 17.2 Å². The molecule has 3 rings (SSSR count). The fraction of sp³-hybridized carbons (Fsp3) is 0.412. The maximum Gasteiger partial charge on any atom is 0.246 e. The quantitative estimate of drug-likeness (QED) is 0.677. The van der Waals surface area contributed by atoms with E-state index in [0.717, 1.165) is 19.3 Å². The van der Waals surface area contributed by atoms with E-state index in [2.05, 4.69) is 6.07 Å². The number of amides is 1. The molecule has 0 spiro atoms. The van der Waals surface area contributed by atoms with Gasteiger partial charge in [0.1, 0.15) is 0 Å². The summed E-state index contributed by atoms with van der Waals surface area (Å²) in [6, 6.07) is 8.93. The third-order valence-corrected chi connectivity index (χ3v) is 5.86. The monoisotopic (exact) mass is 334 g/mol. The molecule has 0 unspecified atom stereocenters. The number of nitrogens with two attached hydrogens (primary N) is 1. The Morgan fingerprint density at radius 3 is 2.41 bits per heavy atom. The molecule has 0 saturated heterocycles. The molecule has 22 heavy (non-hydrogen) atoms. The van der Waals surface area contributed by atoms with Gasteiger partial charge in [0.2, 0.25) is 5.91 Å². The molecule has 4 atom stereocenters. The fourth-order valence-corrected chi connectivity index (χ4v) is 4.82. The molecule has 0 heterocycles. The summed E-state index contributed by atoms with van der Waals surface area (Å²) >= 11 is 12.9. The van der Waals surface area contributed by atoms with Crippen LogP contribution in [0.5, 0.6) is 0 Å². The lowest BCUT2D eigenvalue weighted by Crippen LogP contribution is -2.25. The van der Waals surface area contributed by atoms with Crippen molar-refractivity contribution in [1.29, 1.82) is 5.26 Å². The second-order valence-corrected chi connectivity index (χ2v) is 7.00. The molecule has 2 aliphatic rings. The van der Waals surface area contributed by atoms with Crippen molar-refractivity contribution in [1.82, 2.24) is 0 Å². The van der Waals surface area contributed by atoms with Crippen molar-refractivity contribution < 1.29 is 4.79 Å².